The summed E-state index contributed by atoms with van der Waals surface area (Å²) in [5.41, 5.74) is 1.53. The van der Waals surface area contributed by atoms with Gasteiger partial charge in [0, 0.05) is 11.3 Å². The quantitative estimate of drug-likeness (QED) is 0.683. The highest BCUT2D eigenvalue weighted by Crippen LogP contribution is 2.36. The fraction of sp³-hybridized carbons (Fsp3) is 0.364. The standard InChI is InChI=1S/C11H13NO2/c1-7-6-8-10(12-7)9(14-3)4-5-11(8,2)13/h4-6,13H,1-3H3. The van der Waals surface area contributed by atoms with Crippen molar-refractivity contribution in [1.29, 1.82) is 0 Å². The van der Waals surface area contributed by atoms with E-state index in [1.165, 1.54) is 0 Å². The van der Waals surface area contributed by atoms with Crippen LogP contribution in [0.2, 0.25) is 0 Å². The van der Waals surface area contributed by atoms with E-state index in [1.807, 2.05) is 13.0 Å². The van der Waals surface area contributed by atoms with Gasteiger partial charge in [-0.3, -0.25) is 0 Å². The summed E-state index contributed by atoms with van der Waals surface area (Å²) in [6, 6.07) is 0. The maximum absolute atomic E-state index is 10.1. The highest BCUT2D eigenvalue weighted by atomic mass is 16.5. The predicted octanol–water partition coefficient (Wildman–Crippen LogP) is 1.57. The molecule has 0 saturated carbocycles. The first kappa shape index (κ1) is 9.21. The van der Waals surface area contributed by atoms with Crippen molar-refractivity contribution < 1.29 is 9.84 Å². The molecule has 14 heavy (non-hydrogen) atoms. The lowest BCUT2D eigenvalue weighted by molar-refractivity contribution is 0.149. The third kappa shape index (κ3) is 1.21. The molecule has 1 aliphatic carbocycles. The van der Waals surface area contributed by atoms with Crippen molar-refractivity contribution in [2.45, 2.75) is 19.4 Å². The van der Waals surface area contributed by atoms with E-state index < -0.39 is 5.60 Å². The lowest BCUT2D eigenvalue weighted by atomic mass is 9.89. The van der Waals surface area contributed by atoms with Gasteiger partial charge >= 0.3 is 0 Å². The van der Waals surface area contributed by atoms with Crippen LogP contribution >= 0.6 is 0 Å². The number of methoxy groups -OCH3 is 1. The molecule has 0 aromatic carbocycles. The van der Waals surface area contributed by atoms with E-state index in [2.05, 4.69) is 4.99 Å². The van der Waals surface area contributed by atoms with Gasteiger partial charge in [0.05, 0.1) is 7.11 Å². The molecule has 0 aromatic rings. The molecule has 2 aliphatic rings. The van der Waals surface area contributed by atoms with E-state index in [9.17, 15) is 5.11 Å². The zero-order chi connectivity index (χ0) is 10.3. The SMILES string of the molecule is COC1=C2N=C(C)C=C2C(C)(O)C=C1. The van der Waals surface area contributed by atoms with E-state index in [-0.39, 0.29) is 0 Å². The maximum Gasteiger partial charge on any atom is 0.144 e. The Kier molecular flexibility index (Phi) is 1.86. The van der Waals surface area contributed by atoms with Crippen molar-refractivity contribution in [1.82, 2.24) is 0 Å². The van der Waals surface area contributed by atoms with E-state index in [1.54, 1.807) is 26.2 Å². The van der Waals surface area contributed by atoms with Gasteiger partial charge in [0.1, 0.15) is 17.1 Å². The smallest absolute Gasteiger partial charge is 0.144 e. The Morgan fingerprint density at radius 2 is 2.21 bits per heavy atom. The first-order valence-electron chi connectivity index (χ1n) is 4.52. The number of rotatable bonds is 1. The molecule has 0 saturated heterocycles. The molecule has 3 heteroatoms. The van der Waals surface area contributed by atoms with Gasteiger partial charge in [0.25, 0.3) is 0 Å². The van der Waals surface area contributed by atoms with E-state index >= 15 is 0 Å². The Morgan fingerprint density at radius 3 is 2.86 bits per heavy atom. The Morgan fingerprint density at radius 1 is 1.50 bits per heavy atom. The third-order valence-corrected chi connectivity index (χ3v) is 2.45. The monoisotopic (exact) mass is 191 g/mol. The van der Waals surface area contributed by atoms with E-state index in [4.69, 9.17) is 4.74 Å². The number of aliphatic hydroxyl groups is 1. The topological polar surface area (TPSA) is 41.8 Å². The first-order chi connectivity index (χ1) is 6.54. The first-order valence-corrected chi connectivity index (χ1v) is 4.52. The van der Waals surface area contributed by atoms with Crippen LogP contribution < -0.4 is 0 Å². The van der Waals surface area contributed by atoms with Crippen LogP contribution in [0.25, 0.3) is 0 Å². The van der Waals surface area contributed by atoms with Gasteiger partial charge in [0.15, 0.2) is 0 Å². The molecular weight excluding hydrogens is 178 g/mol. The molecule has 0 aromatic heterocycles. The molecule has 0 fully saturated rings. The number of nitrogens with zero attached hydrogens (tertiary/aromatic N) is 1. The second-order valence-electron chi connectivity index (χ2n) is 3.71. The summed E-state index contributed by atoms with van der Waals surface area (Å²) in [5, 5.41) is 10.1. The minimum atomic E-state index is -0.932. The largest absolute Gasteiger partial charge is 0.494 e. The molecule has 1 atom stereocenters. The number of hydrogen-bond donors (Lipinski definition) is 1. The van der Waals surface area contributed by atoms with Crippen LogP contribution in [0.1, 0.15) is 13.8 Å². The Balaban J connectivity index is 2.56. The zero-order valence-corrected chi connectivity index (χ0v) is 8.53. The summed E-state index contributed by atoms with van der Waals surface area (Å²) in [6.07, 6.45) is 5.36. The molecule has 1 unspecified atom stereocenters. The van der Waals surface area contributed by atoms with Crippen molar-refractivity contribution in [3.8, 4) is 0 Å². The highest BCUT2D eigenvalue weighted by Gasteiger charge is 2.33. The van der Waals surface area contributed by atoms with Gasteiger partial charge < -0.3 is 9.84 Å². The molecule has 1 heterocycles. The molecule has 2 rings (SSSR count). The fourth-order valence-electron chi connectivity index (χ4n) is 1.69. The van der Waals surface area contributed by atoms with Crippen LogP contribution in [0, 0.1) is 0 Å². The minimum absolute atomic E-state index is 0.708. The van der Waals surface area contributed by atoms with Gasteiger partial charge in [-0.1, -0.05) is 0 Å². The van der Waals surface area contributed by atoms with Crippen molar-refractivity contribution in [2.24, 2.45) is 4.99 Å². The molecule has 1 N–H and O–H groups in total. The molecule has 0 radical (unpaired) electrons. The number of fused-ring (bicyclic) bond motifs is 1. The molecule has 0 bridgehead atoms. The summed E-state index contributed by atoms with van der Waals surface area (Å²) < 4.78 is 5.18. The van der Waals surface area contributed by atoms with Gasteiger partial charge in [-0.2, -0.15) is 0 Å². The van der Waals surface area contributed by atoms with Crippen LogP contribution in [0.15, 0.2) is 40.2 Å². The summed E-state index contributed by atoms with van der Waals surface area (Å²) in [5.74, 6) is 0.708. The number of hydrogen-bond acceptors (Lipinski definition) is 3. The second kappa shape index (κ2) is 2.82. The summed E-state index contributed by atoms with van der Waals surface area (Å²) in [4.78, 5) is 4.33. The summed E-state index contributed by atoms with van der Waals surface area (Å²) in [6.45, 7) is 3.65. The van der Waals surface area contributed by atoms with Crippen LogP contribution in [-0.2, 0) is 4.74 Å². The number of ether oxygens (including phenoxy) is 1. The maximum atomic E-state index is 10.1. The van der Waals surface area contributed by atoms with Gasteiger partial charge in [0.2, 0.25) is 0 Å². The van der Waals surface area contributed by atoms with Crippen molar-refractivity contribution >= 4 is 5.71 Å². The molecular formula is C11H13NO2. The van der Waals surface area contributed by atoms with Crippen LogP contribution in [-0.4, -0.2) is 23.5 Å². The third-order valence-electron chi connectivity index (χ3n) is 2.45. The Labute approximate surface area is 83.1 Å². The molecule has 0 spiro atoms. The summed E-state index contributed by atoms with van der Waals surface area (Å²) >= 11 is 0. The highest BCUT2D eigenvalue weighted by molar-refractivity contribution is 5.98. The Hall–Kier alpha value is -1.35. The van der Waals surface area contributed by atoms with E-state index in [0.717, 1.165) is 17.0 Å². The minimum Gasteiger partial charge on any atom is -0.494 e. The van der Waals surface area contributed by atoms with Crippen molar-refractivity contribution in [2.75, 3.05) is 7.11 Å². The molecule has 74 valence electrons. The van der Waals surface area contributed by atoms with Gasteiger partial charge in [-0.05, 0) is 32.1 Å². The fourth-order valence-corrected chi connectivity index (χ4v) is 1.69. The van der Waals surface area contributed by atoms with Crippen LogP contribution in [0.4, 0.5) is 0 Å². The average molecular weight is 191 g/mol. The number of aliphatic imine (C=N–C) groups is 1. The molecule has 3 nitrogen and oxygen atoms in total. The van der Waals surface area contributed by atoms with Gasteiger partial charge in [-0.25, -0.2) is 4.99 Å². The second-order valence-corrected chi connectivity index (χ2v) is 3.71. The average Bonchev–Trinajstić information content (AvgIpc) is 2.48. The lowest BCUT2D eigenvalue weighted by Crippen LogP contribution is -2.27. The van der Waals surface area contributed by atoms with Crippen molar-refractivity contribution in [3.63, 3.8) is 0 Å². The van der Waals surface area contributed by atoms with Crippen molar-refractivity contribution in [3.05, 3.63) is 35.3 Å². The Bertz CT molecular complexity index is 398. The predicted molar refractivity (Wildman–Crippen MR) is 55.0 cm³/mol. The normalized spacial score (nSPS) is 30.0. The zero-order valence-electron chi connectivity index (χ0n) is 8.53. The van der Waals surface area contributed by atoms with E-state index in [0.29, 0.717) is 5.76 Å². The molecule has 1 aliphatic heterocycles. The number of allylic oxidation sites excluding steroid dienone is 2. The lowest BCUT2D eigenvalue weighted by Gasteiger charge is -2.25. The van der Waals surface area contributed by atoms with Crippen LogP contribution in [0.3, 0.4) is 0 Å². The van der Waals surface area contributed by atoms with Gasteiger partial charge in [-0.15, -0.1) is 0 Å². The summed E-state index contributed by atoms with van der Waals surface area (Å²) in [7, 11) is 1.60. The van der Waals surface area contributed by atoms with Crippen LogP contribution in [0.5, 0.6) is 0 Å². The molecule has 0 amide bonds.